The zero-order valence-corrected chi connectivity index (χ0v) is 10.2. The van der Waals surface area contributed by atoms with E-state index in [2.05, 4.69) is 9.72 Å². The fraction of sp³-hybridized carbons (Fsp3) is 0.250. The average molecular weight is 250 g/mol. The van der Waals surface area contributed by atoms with Crippen LogP contribution in [0.1, 0.15) is 22.8 Å². The van der Waals surface area contributed by atoms with Crippen LogP contribution in [0.3, 0.4) is 0 Å². The third-order valence-corrected chi connectivity index (χ3v) is 2.04. The van der Waals surface area contributed by atoms with E-state index in [4.69, 9.17) is 10.5 Å². The van der Waals surface area contributed by atoms with Gasteiger partial charge < -0.3 is 15.2 Å². The first-order chi connectivity index (χ1) is 8.58. The fourth-order valence-corrected chi connectivity index (χ4v) is 1.21. The highest BCUT2D eigenvalue weighted by Gasteiger charge is 2.11. The Bertz CT molecular complexity index is 483. The summed E-state index contributed by atoms with van der Waals surface area (Å²) < 4.78 is 9.29. The number of carbonyl (C=O) groups excluding carboxylic acids is 2. The fourth-order valence-electron chi connectivity index (χ4n) is 1.21. The number of esters is 2. The molecule has 0 spiro atoms. The molecule has 0 amide bonds. The lowest BCUT2D eigenvalue weighted by Crippen LogP contribution is -2.07. The second-order valence-electron chi connectivity index (χ2n) is 3.28. The van der Waals surface area contributed by atoms with Crippen molar-refractivity contribution in [1.29, 1.82) is 0 Å². The molecule has 1 aromatic rings. The van der Waals surface area contributed by atoms with Gasteiger partial charge in [-0.1, -0.05) is 0 Å². The largest absolute Gasteiger partial charge is 0.465 e. The molecule has 0 saturated carbocycles. The quantitative estimate of drug-likeness (QED) is 0.633. The second kappa shape index (κ2) is 6.39. The molecule has 0 saturated heterocycles. The molecule has 18 heavy (non-hydrogen) atoms. The molecule has 0 fully saturated rings. The highest BCUT2D eigenvalue weighted by Crippen LogP contribution is 2.13. The number of aromatic nitrogens is 1. The van der Waals surface area contributed by atoms with Gasteiger partial charge >= 0.3 is 11.9 Å². The number of ether oxygens (including phenoxy) is 2. The summed E-state index contributed by atoms with van der Waals surface area (Å²) in [7, 11) is 1.25. The summed E-state index contributed by atoms with van der Waals surface area (Å²) >= 11 is 0. The smallest absolute Gasteiger partial charge is 0.341 e. The minimum Gasteiger partial charge on any atom is -0.465 e. The van der Waals surface area contributed by atoms with E-state index in [-0.39, 0.29) is 11.4 Å². The number of anilines is 1. The molecular formula is C12H14N2O4. The number of pyridine rings is 1. The standard InChI is InChI=1S/C12H14N2O4/c1-3-18-10(15)5-4-8-6-9(12(16)17-2)11(13)14-7-8/h4-7H,3H2,1-2H3,(H2,13,14). The lowest BCUT2D eigenvalue weighted by atomic mass is 10.2. The lowest BCUT2D eigenvalue weighted by molar-refractivity contribution is -0.137. The van der Waals surface area contributed by atoms with Crippen molar-refractivity contribution in [2.45, 2.75) is 6.92 Å². The van der Waals surface area contributed by atoms with Crippen molar-refractivity contribution in [2.24, 2.45) is 0 Å². The van der Waals surface area contributed by atoms with Gasteiger partial charge in [0.15, 0.2) is 0 Å². The Balaban J connectivity index is 2.92. The third-order valence-electron chi connectivity index (χ3n) is 2.04. The van der Waals surface area contributed by atoms with Crippen molar-refractivity contribution < 1.29 is 19.1 Å². The molecule has 0 atom stereocenters. The Morgan fingerprint density at radius 1 is 1.50 bits per heavy atom. The van der Waals surface area contributed by atoms with E-state index in [0.717, 1.165) is 0 Å². The van der Waals surface area contributed by atoms with E-state index in [1.807, 2.05) is 0 Å². The molecule has 0 aromatic carbocycles. The van der Waals surface area contributed by atoms with Gasteiger partial charge in [-0.25, -0.2) is 14.6 Å². The minimum absolute atomic E-state index is 0.0788. The van der Waals surface area contributed by atoms with E-state index in [1.54, 1.807) is 6.92 Å². The van der Waals surface area contributed by atoms with Crippen LogP contribution in [-0.2, 0) is 14.3 Å². The predicted octanol–water partition coefficient (Wildman–Crippen LogP) is 1.03. The van der Waals surface area contributed by atoms with Crippen LogP contribution < -0.4 is 5.73 Å². The molecule has 1 heterocycles. The number of rotatable bonds is 4. The summed E-state index contributed by atoms with van der Waals surface area (Å²) in [5.74, 6) is -0.963. The molecule has 0 aliphatic rings. The first kappa shape index (κ1) is 13.7. The van der Waals surface area contributed by atoms with Gasteiger partial charge in [-0.3, -0.25) is 0 Å². The van der Waals surface area contributed by atoms with Crippen LogP contribution in [0, 0.1) is 0 Å². The highest BCUT2D eigenvalue weighted by atomic mass is 16.5. The minimum atomic E-state index is -0.577. The summed E-state index contributed by atoms with van der Waals surface area (Å²) in [5, 5.41) is 0. The van der Waals surface area contributed by atoms with Crippen LogP contribution in [0.4, 0.5) is 5.82 Å². The average Bonchev–Trinajstić information content (AvgIpc) is 2.37. The highest BCUT2D eigenvalue weighted by molar-refractivity contribution is 5.95. The summed E-state index contributed by atoms with van der Waals surface area (Å²) in [6.07, 6.45) is 4.17. The van der Waals surface area contributed by atoms with Crippen molar-refractivity contribution in [3.8, 4) is 0 Å². The van der Waals surface area contributed by atoms with Crippen LogP contribution in [0.2, 0.25) is 0 Å². The van der Waals surface area contributed by atoms with Crippen molar-refractivity contribution >= 4 is 23.8 Å². The molecule has 2 N–H and O–H groups in total. The SMILES string of the molecule is CCOC(=O)C=Cc1cnc(N)c(C(=O)OC)c1. The van der Waals surface area contributed by atoms with Crippen LogP contribution in [-0.4, -0.2) is 30.6 Å². The lowest BCUT2D eigenvalue weighted by Gasteiger charge is -2.03. The van der Waals surface area contributed by atoms with Gasteiger partial charge in [0.25, 0.3) is 0 Å². The number of nitrogens with zero attached hydrogens (tertiary/aromatic N) is 1. The van der Waals surface area contributed by atoms with Crippen molar-refractivity contribution in [2.75, 3.05) is 19.5 Å². The van der Waals surface area contributed by atoms with E-state index in [9.17, 15) is 9.59 Å². The van der Waals surface area contributed by atoms with E-state index in [1.165, 1.54) is 31.5 Å². The second-order valence-corrected chi connectivity index (χ2v) is 3.28. The van der Waals surface area contributed by atoms with Gasteiger partial charge in [0, 0.05) is 12.3 Å². The van der Waals surface area contributed by atoms with Gasteiger partial charge in [-0.15, -0.1) is 0 Å². The zero-order valence-electron chi connectivity index (χ0n) is 10.2. The van der Waals surface area contributed by atoms with Gasteiger partial charge in [-0.2, -0.15) is 0 Å². The van der Waals surface area contributed by atoms with Crippen LogP contribution >= 0.6 is 0 Å². The summed E-state index contributed by atoms with van der Waals surface area (Å²) in [6.45, 7) is 2.02. The van der Waals surface area contributed by atoms with E-state index in [0.29, 0.717) is 12.2 Å². The Kier molecular flexibility index (Phi) is 4.86. The predicted molar refractivity (Wildman–Crippen MR) is 65.7 cm³/mol. The summed E-state index contributed by atoms with van der Waals surface area (Å²) in [4.78, 5) is 26.3. The molecule has 6 heteroatoms. The normalized spacial score (nSPS) is 10.3. The molecule has 0 aliphatic heterocycles. The van der Waals surface area contributed by atoms with E-state index < -0.39 is 11.9 Å². The molecule has 6 nitrogen and oxygen atoms in total. The number of hydrogen-bond acceptors (Lipinski definition) is 6. The Morgan fingerprint density at radius 2 is 2.22 bits per heavy atom. The summed E-state index contributed by atoms with van der Waals surface area (Å²) in [6, 6.07) is 1.49. The number of nitrogen functional groups attached to an aromatic ring is 1. The maximum absolute atomic E-state index is 11.4. The number of methoxy groups -OCH3 is 1. The molecule has 0 radical (unpaired) electrons. The maximum atomic E-state index is 11.4. The number of carbonyl (C=O) groups is 2. The molecule has 1 aromatic heterocycles. The number of hydrogen-bond donors (Lipinski definition) is 1. The summed E-state index contributed by atoms with van der Waals surface area (Å²) in [5.41, 5.74) is 6.25. The maximum Gasteiger partial charge on any atom is 0.341 e. The molecule has 0 unspecified atom stereocenters. The monoisotopic (exact) mass is 250 g/mol. The van der Waals surface area contributed by atoms with Crippen LogP contribution in [0.5, 0.6) is 0 Å². The molecular weight excluding hydrogens is 236 g/mol. The van der Waals surface area contributed by atoms with Crippen molar-refractivity contribution in [3.05, 3.63) is 29.5 Å². The topological polar surface area (TPSA) is 91.5 Å². The van der Waals surface area contributed by atoms with Gasteiger partial charge in [-0.05, 0) is 24.6 Å². The molecule has 0 aliphatic carbocycles. The Labute approximate surface area is 104 Å². The van der Waals surface area contributed by atoms with Crippen molar-refractivity contribution in [1.82, 2.24) is 4.98 Å². The molecule has 1 rings (SSSR count). The van der Waals surface area contributed by atoms with Gasteiger partial charge in [0.1, 0.15) is 11.4 Å². The van der Waals surface area contributed by atoms with E-state index >= 15 is 0 Å². The third kappa shape index (κ3) is 3.58. The van der Waals surface area contributed by atoms with Crippen LogP contribution in [0.25, 0.3) is 6.08 Å². The molecule has 0 bridgehead atoms. The van der Waals surface area contributed by atoms with Crippen LogP contribution in [0.15, 0.2) is 18.3 Å². The number of nitrogens with two attached hydrogens (primary N) is 1. The zero-order chi connectivity index (χ0) is 13.5. The first-order valence-corrected chi connectivity index (χ1v) is 5.27. The molecule has 96 valence electrons. The Hall–Kier alpha value is -2.37. The first-order valence-electron chi connectivity index (χ1n) is 5.27. The van der Waals surface area contributed by atoms with Gasteiger partial charge in [0.05, 0.1) is 13.7 Å². The Morgan fingerprint density at radius 3 is 2.83 bits per heavy atom. The van der Waals surface area contributed by atoms with Crippen molar-refractivity contribution in [3.63, 3.8) is 0 Å². The van der Waals surface area contributed by atoms with Gasteiger partial charge in [0.2, 0.25) is 0 Å².